The van der Waals surface area contributed by atoms with Crippen molar-refractivity contribution in [3.63, 3.8) is 0 Å². The van der Waals surface area contributed by atoms with Gasteiger partial charge in [-0.1, -0.05) is 0 Å². The van der Waals surface area contributed by atoms with Gasteiger partial charge in [0.1, 0.15) is 12.2 Å². The van der Waals surface area contributed by atoms with Gasteiger partial charge in [-0.3, -0.25) is 0 Å². The minimum absolute atomic E-state index is 0.0532. The second-order valence-corrected chi connectivity index (χ2v) is 2.59. The van der Waals surface area contributed by atoms with Crippen molar-refractivity contribution in [3.05, 3.63) is 11.5 Å². The van der Waals surface area contributed by atoms with E-state index in [4.69, 9.17) is 14.9 Å². The maximum atomic E-state index is 9.03. The Morgan fingerprint density at radius 1 is 1.44 bits per heavy atom. The Morgan fingerprint density at radius 2 is 2.00 bits per heavy atom. The van der Waals surface area contributed by atoms with Crippen molar-refractivity contribution >= 4 is 0 Å². The fourth-order valence-electron chi connectivity index (χ4n) is 0.733. The molecule has 0 aromatic carbocycles. The molecule has 0 unspecified atom stereocenters. The lowest BCUT2D eigenvalue weighted by Gasteiger charge is -2.15. The zero-order valence-electron chi connectivity index (χ0n) is 5.51. The van der Waals surface area contributed by atoms with Crippen molar-refractivity contribution in [2.75, 3.05) is 6.61 Å². The van der Waals surface area contributed by atoms with Gasteiger partial charge in [0.2, 0.25) is 0 Å². The average molecular weight is 130 g/mol. The average Bonchev–Trinajstić information content (AvgIpc) is 1.97. The highest BCUT2D eigenvalue weighted by molar-refractivity contribution is 5.15. The normalized spacial score (nSPS) is 25.1. The molecule has 1 aliphatic heterocycles. The van der Waals surface area contributed by atoms with Crippen LogP contribution in [-0.4, -0.2) is 22.4 Å². The Labute approximate surface area is 53.6 Å². The van der Waals surface area contributed by atoms with E-state index < -0.39 is 5.60 Å². The van der Waals surface area contributed by atoms with Crippen molar-refractivity contribution in [2.24, 2.45) is 0 Å². The van der Waals surface area contributed by atoms with Gasteiger partial charge in [0.15, 0.2) is 11.5 Å². The summed E-state index contributed by atoms with van der Waals surface area (Å²) in [6.45, 7) is 3.52. The van der Waals surface area contributed by atoms with Crippen molar-refractivity contribution in [1.82, 2.24) is 0 Å². The molecule has 1 heterocycles. The minimum atomic E-state index is -0.690. The van der Waals surface area contributed by atoms with Gasteiger partial charge in [-0.2, -0.15) is 0 Å². The number of aliphatic hydroxyl groups excluding tert-OH is 2. The number of hydrogen-bond acceptors (Lipinski definition) is 3. The van der Waals surface area contributed by atoms with E-state index in [1.807, 2.05) is 0 Å². The zero-order valence-corrected chi connectivity index (χ0v) is 5.51. The molecule has 0 aromatic heterocycles. The highest BCUT2D eigenvalue weighted by Crippen LogP contribution is 2.27. The van der Waals surface area contributed by atoms with E-state index in [1.165, 1.54) is 0 Å². The van der Waals surface area contributed by atoms with Crippen LogP contribution in [0.2, 0.25) is 0 Å². The summed E-state index contributed by atoms with van der Waals surface area (Å²) in [5, 5.41) is 17.9. The first-order valence-electron chi connectivity index (χ1n) is 2.79. The van der Waals surface area contributed by atoms with Gasteiger partial charge in [0.25, 0.3) is 0 Å². The van der Waals surface area contributed by atoms with Crippen molar-refractivity contribution in [2.45, 2.75) is 19.4 Å². The quantitative estimate of drug-likeness (QED) is 0.516. The molecule has 0 aromatic rings. The fraction of sp³-hybridized carbons (Fsp3) is 0.667. The molecule has 0 spiro atoms. The summed E-state index contributed by atoms with van der Waals surface area (Å²) in [6.07, 6.45) is 0. The lowest BCUT2D eigenvalue weighted by atomic mass is 10.1. The fourth-order valence-corrected chi connectivity index (χ4v) is 0.733. The summed E-state index contributed by atoms with van der Waals surface area (Å²) in [5.74, 6) is -0.109. The second-order valence-electron chi connectivity index (χ2n) is 2.59. The molecule has 0 amide bonds. The molecule has 0 aliphatic carbocycles. The number of rotatable bonds is 0. The van der Waals surface area contributed by atoms with Crippen LogP contribution in [0.5, 0.6) is 0 Å². The van der Waals surface area contributed by atoms with E-state index >= 15 is 0 Å². The summed E-state index contributed by atoms with van der Waals surface area (Å²) in [5.41, 5.74) is -0.690. The number of ether oxygens (including phenoxy) is 1. The molecule has 0 saturated carbocycles. The highest BCUT2D eigenvalue weighted by Gasteiger charge is 2.33. The Bertz CT molecular complexity index is 158. The van der Waals surface area contributed by atoms with Gasteiger partial charge in [-0.25, -0.2) is 0 Å². The van der Waals surface area contributed by atoms with Crippen LogP contribution in [0.1, 0.15) is 13.8 Å². The second kappa shape index (κ2) is 1.64. The van der Waals surface area contributed by atoms with E-state index in [-0.39, 0.29) is 18.1 Å². The van der Waals surface area contributed by atoms with Crippen LogP contribution in [0.4, 0.5) is 0 Å². The molecular weight excluding hydrogens is 120 g/mol. The predicted molar refractivity (Wildman–Crippen MR) is 32.3 cm³/mol. The molecule has 52 valence electrons. The molecule has 0 saturated heterocycles. The largest absolute Gasteiger partial charge is 0.506 e. The Balaban J connectivity index is 2.88. The third-order valence-corrected chi connectivity index (χ3v) is 1.41. The Morgan fingerprint density at radius 3 is 2.11 bits per heavy atom. The summed E-state index contributed by atoms with van der Waals surface area (Å²) < 4.78 is 4.99. The first-order valence-corrected chi connectivity index (χ1v) is 2.79. The van der Waals surface area contributed by atoms with Gasteiger partial charge in [0, 0.05) is 0 Å². The van der Waals surface area contributed by atoms with Crippen molar-refractivity contribution < 1.29 is 14.9 Å². The topological polar surface area (TPSA) is 49.7 Å². The smallest absolute Gasteiger partial charge is 0.164 e. The molecule has 3 nitrogen and oxygen atoms in total. The molecule has 9 heavy (non-hydrogen) atoms. The molecule has 2 N–H and O–H groups in total. The highest BCUT2D eigenvalue weighted by atomic mass is 16.5. The first-order chi connectivity index (χ1) is 4.04. The summed E-state index contributed by atoms with van der Waals surface area (Å²) in [7, 11) is 0. The van der Waals surface area contributed by atoms with Gasteiger partial charge in [-0.05, 0) is 13.8 Å². The van der Waals surface area contributed by atoms with Crippen LogP contribution in [0, 0.1) is 0 Å². The number of aliphatic hydroxyl groups is 2. The van der Waals surface area contributed by atoms with E-state index in [9.17, 15) is 0 Å². The molecule has 0 bridgehead atoms. The van der Waals surface area contributed by atoms with Crippen molar-refractivity contribution in [3.8, 4) is 0 Å². The molecule has 0 fully saturated rings. The van der Waals surface area contributed by atoms with E-state index in [0.717, 1.165) is 0 Å². The van der Waals surface area contributed by atoms with Crippen LogP contribution in [0.3, 0.4) is 0 Å². The summed E-state index contributed by atoms with van der Waals surface area (Å²) in [4.78, 5) is 0. The monoisotopic (exact) mass is 130 g/mol. The van der Waals surface area contributed by atoms with Crippen LogP contribution < -0.4 is 0 Å². The Kier molecular flexibility index (Phi) is 1.17. The standard InChI is InChI=1S/C6H10O3/c1-6(2)5(8)4(7)3-9-6/h7-8H,3H2,1-2H3. The lowest BCUT2D eigenvalue weighted by molar-refractivity contribution is 0.0210. The van der Waals surface area contributed by atoms with E-state index in [0.29, 0.717) is 0 Å². The first kappa shape index (κ1) is 6.42. The predicted octanol–water partition coefficient (Wildman–Crippen LogP) is 1.12. The third-order valence-electron chi connectivity index (χ3n) is 1.41. The maximum absolute atomic E-state index is 9.03. The zero-order chi connectivity index (χ0) is 7.07. The molecule has 3 heteroatoms. The van der Waals surface area contributed by atoms with Crippen LogP contribution >= 0.6 is 0 Å². The maximum Gasteiger partial charge on any atom is 0.164 e. The van der Waals surface area contributed by atoms with E-state index in [1.54, 1.807) is 13.8 Å². The van der Waals surface area contributed by atoms with Crippen LogP contribution in [-0.2, 0) is 4.74 Å². The molecule has 1 rings (SSSR count). The summed E-state index contributed by atoms with van der Waals surface area (Å²) in [6, 6.07) is 0. The molecule has 1 aliphatic rings. The van der Waals surface area contributed by atoms with Gasteiger partial charge in [-0.15, -0.1) is 0 Å². The Hall–Kier alpha value is -0.700. The number of hydrogen-bond donors (Lipinski definition) is 2. The lowest BCUT2D eigenvalue weighted by Crippen LogP contribution is -2.21. The third kappa shape index (κ3) is 0.876. The van der Waals surface area contributed by atoms with Gasteiger partial charge in [0.05, 0.1) is 0 Å². The van der Waals surface area contributed by atoms with E-state index in [2.05, 4.69) is 0 Å². The SMILES string of the molecule is CC1(C)OCC(O)=C1O. The minimum Gasteiger partial charge on any atom is -0.506 e. The van der Waals surface area contributed by atoms with Crippen LogP contribution in [0.15, 0.2) is 11.5 Å². The van der Waals surface area contributed by atoms with Gasteiger partial charge < -0.3 is 14.9 Å². The van der Waals surface area contributed by atoms with Crippen LogP contribution in [0.25, 0.3) is 0 Å². The van der Waals surface area contributed by atoms with Crippen molar-refractivity contribution in [1.29, 1.82) is 0 Å². The molecular formula is C6H10O3. The molecule has 0 radical (unpaired) electrons. The summed E-state index contributed by atoms with van der Waals surface area (Å²) >= 11 is 0. The molecule has 0 atom stereocenters. The van der Waals surface area contributed by atoms with Gasteiger partial charge >= 0.3 is 0 Å².